The fraction of sp³-hybridized carbons (Fsp3) is 0.727. The first kappa shape index (κ1) is 9.71. The molecule has 0 aliphatic heterocycles. The molecule has 1 fully saturated rings. The van der Waals surface area contributed by atoms with Crippen LogP contribution in [0.3, 0.4) is 0 Å². The fourth-order valence-electron chi connectivity index (χ4n) is 2.75. The fourth-order valence-corrected chi connectivity index (χ4v) is 2.75. The summed E-state index contributed by atoms with van der Waals surface area (Å²) >= 11 is 0. The Kier molecular flexibility index (Phi) is 2.59. The maximum Gasteiger partial charge on any atom is 0.309 e. The van der Waals surface area contributed by atoms with Gasteiger partial charge in [-0.05, 0) is 25.2 Å². The van der Waals surface area contributed by atoms with Gasteiger partial charge < -0.3 is 9.84 Å². The highest BCUT2D eigenvalue weighted by Gasteiger charge is 2.42. The highest BCUT2D eigenvalue weighted by molar-refractivity contribution is 5.73. The average Bonchev–Trinajstić information content (AvgIpc) is 2.59. The molecule has 0 bridgehead atoms. The molecule has 3 heteroatoms. The van der Waals surface area contributed by atoms with Crippen LogP contribution >= 0.6 is 0 Å². The number of rotatable bonds is 1. The molecule has 2 aliphatic carbocycles. The van der Waals surface area contributed by atoms with E-state index in [1.54, 1.807) is 0 Å². The van der Waals surface area contributed by atoms with Crippen LogP contribution in [0, 0.1) is 17.8 Å². The van der Waals surface area contributed by atoms with Crippen LogP contribution in [0.25, 0.3) is 0 Å². The van der Waals surface area contributed by atoms with E-state index in [0.717, 1.165) is 19.3 Å². The van der Waals surface area contributed by atoms with Crippen molar-refractivity contribution < 1.29 is 14.6 Å². The largest absolute Gasteiger partial charge is 0.469 e. The van der Waals surface area contributed by atoms with Crippen molar-refractivity contribution in [3.63, 3.8) is 0 Å². The molecule has 0 saturated heterocycles. The van der Waals surface area contributed by atoms with Gasteiger partial charge in [0.15, 0.2) is 0 Å². The third kappa shape index (κ3) is 1.46. The minimum atomic E-state index is -0.260. The van der Waals surface area contributed by atoms with Crippen molar-refractivity contribution in [1.82, 2.24) is 0 Å². The Labute approximate surface area is 83.8 Å². The van der Waals surface area contributed by atoms with Crippen LogP contribution in [0.2, 0.25) is 0 Å². The van der Waals surface area contributed by atoms with Gasteiger partial charge in [-0.1, -0.05) is 12.2 Å². The third-order valence-electron chi connectivity index (χ3n) is 3.50. The van der Waals surface area contributed by atoms with E-state index in [2.05, 4.69) is 6.08 Å². The number of carbonyl (C=O) groups is 1. The molecule has 0 amide bonds. The van der Waals surface area contributed by atoms with Crippen molar-refractivity contribution in [2.75, 3.05) is 7.11 Å². The Bertz CT molecular complexity index is 259. The van der Waals surface area contributed by atoms with Crippen molar-refractivity contribution in [2.24, 2.45) is 17.8 Å². The summed E-state index contributed by atoms with van der Waals surface area (Å²) in [5.41, 5.74) is 0. The number of aliphatic hydroxyl groups excluding tert-OH is 1. The van der Waals surface area contributed by atoms with Gasteiger partial charge in [0, 0.05) is 5.92 Å². The van der Waals surface area contributed by atoms with E-state index >= 15 is 0 Å². The first-order valence-electron chi connectivity index (χ1n) is 5.16. The Hall–Kier alpha value is -0.830. The predicted molar refractivity (Wildman–Crippen MR) is 51.5 cm³/mol. The van der Waals surface area contributed by atoms with Crippen molar-refractivity contribution in [3.05, 3.63) is 12.2 Å². The van der Waals surface area contributed by atoms with E-state index in [1.165, 1.54) is 7.11 Å². The summed E-state index contributed by atoms with van der Waals surface area (Å²) in [5.74, 6) is 0.306. The summed E-state index contributed by atoms with van der Waals surface area (Å²) in [6, 6.07) is 0. The van der Waals surface area contributed by atoms with Gasteiger partial charge in [-0.25, -0.2) is 0 Å². The number of hydrogen-bond acceptors (Lipinski definition) is 3. The van der Waals surface area contributed by atoms with Gasteiger partial charge >= 0.3 is 5.97 Å². The van der Waals surface area contributed by atoms with Crippen LogP contribution in [0.4, 0.5) is 0 Å². The molecule has 0 heterocycles. The van der Waals surface area contributed by atoms with E-state index in [0.29, 0.717) is 5.92 Å². The molecule has 0 aromatic carbocycles. The lowest BCUT2D eigenvalue weighted by Gasteiger charge is -2.28. The summed E-state index contributed by atoms with van der Waals surface area (Å²) in [6.07, 6.45) is 6.31. The van der Waals surface area contributed by atoms with Gasteiger partial charge in [0.05, 0.1) is 19.1 Å². The summed E-state index contributed by atoms with van der Waals surface area (Å²) in [5, 5.41) is 9.69. The van der Waals surface area contributed by atoms with Gasteiger partial charge in [-0.15, -0.1) is 0 Å². The number of ether oxygens (including phenoxy) is 1. The van der Waals surface area contributed by atoms with E-state index < -0.39 is 0 Å². The molecular weight excluding hydrogens is 180 g/mol. The lowest BCUT2D eigenvalue weighted by atomic mass is 9.77. The molecule has 78 valence electrons. The first-order valence-corrected chi connectivity index (χ1v) is 5.16. The number of methoxy groups -OCH3 is 1. The van der Waals surface area contributed by atoms with Crippen LogP contribution < -0.4 is 0 Å². The van der Waals surface area contributed by atoms with Crippen molar-refractivity contribution in [2.45, 2.75) is 25.4 Å². The van der Waals surface area contributed by atoms with Crippen LogP contribution in [0.15, 0.2) is 12.2 Å². The second-order valence-electron chi connectivity index (χ2n) is 4.18. The van der Waals surface area contributed by atoms with E-state index in [9.17, 15) is 9.90 Å². The minimum absolute atomic E-state index is 0.0350. The van der Waals surface area contributed by atoms with Gasteiger partial charge in [0.2, 0.25) is 0 Å². The van der Waals surface area contributed by atoms with Crippen molar-refractivity contribution in [3.8, 4) is 0 Å². The topological polar surface area (TPSA) is 46.5 Å². The smallest absolute Gasteiger partial charge is 0.309 e. The number of esters is 1. The molecule has 0 aromatic rings. The lowest BCUT2D eigenvalue weighted by Crippen LogP contribution is -2.31. The average molecular weight is 196 g/mol. The molecular formula is C11H16O3. The summed E-state index contributed by atoms with van der Waals surface area (Å²) < 4.78 is 4.78. The van der Waals surface area contributed by atoms with Gasteiger partial charge in [-0.2, -0.15) is 0 Å². The monoisotopic (exact) mass is 196 g/mol. The maximum atomic E-state index is 11.5. The quantitative estimate of drug-likeness (QED) is 0.505. The first-order chi connectivity index (χ1) is 6.74. The second kappa shape index (κ2) is 3.73. The molecule has 1 saturated carbocycles. The normalized spacial score (nSPS) is 40.7. The van der Waals surface area contributed by atoms with Gasteiger partial charge in [0.25, 0.3) is 0 Å². The Morgan fingerprint density at radius 1 is 1.50 bits per heavy atom. The number of hydrogen-bond donors (Lipinski definition) is 1. The van der Waals surface area contributed by atoms with Gasteiger partial charge in [0.1, 0.15) is 0 Å². The number of fused-ring (bicyclic) bond motifs is 1. The molecule has 1 N–H and O–H groups in total. The Morgan fingerprint density at radius 3 is 3.00 bits per heavy atom. The summed E-state index contributed by atoms with van der Waals surface area (Å²) in [7, 11) is 1.43. The third-order valence-corrected chi connectivity index (χ3v) is 3.50. The Balaban J connectivity index is 2.15. The lowest BCUT2D eigenvalue weighted by molar-refractivity contribution is -0.148. The van der Waals surface area contributed by atoms with Crippen molar-refractivity contribution >= 4 is 5.97 Å². The standard InChI is InChI=1S/C11H16O3/c1-14-11(13)9-4-2-3-8-7(9)5-6-10(8)12/h2-3,7-10,12H,4-6H2,1H3. The molecule has 0 radical (unpaired) electrons. The molecule has 2 aliphatic rings. The second-order valence-corrected chi connectivity index (χ2v) is 4.18. The zero-order chi connectivity index (χ0) is 10.1. The zero-order valence-corrected chi connectivity index (χ0v) is 8.35. The number of aliphatic hydroxyl groups is 1. The molecule has 3 nitrogen and oxygen atoms in total. The highest BCUT2D eigenvalue weighted by Crippen LogP contribution is 2.42. The zero-order valence-electron chi connectivity index (χ0n) is 8.35. The van der Waals surface area contributed by atoms with Crippen LogP contribution in [0.5, 0.6) is 0 Å². The molecule has 14 heavy (non-hydrogen) atoms. The molecule has 0 aromatic heterocycles. The van der Waals surface area contributed by atoms with E-state index in [1.807, 2.05) is 6.08 Å². The number of allylic oxidation sites excluding steroid dienone is 1. The van der Waals surface area contributed by atoms with Crippen LogP contribution in [-0.4, -0.2) is 24.3 Å². The van der Waals surface area contributed by atoms with Crippen LogP contribution in [-0.2, 0) is 9.53 Å². The molecule has 4 unspecified atom stereocenters. The van der Waals surface area contributed by atoms with Gasteiger partial charge in [-0.3, -0.25) is 4.79 Å². The van der Waals surface area contributed by atoms with E-state index in [-0.39, 0.29) is 23.9 Å². The SMILES string of the molecule is COC(=O)C1CC=CC2C(O)CCC12. The van der Waals surface area contributed by atoms with Crippen molar-refractivity contribution in [1.29, 1.82) is 0 Å². The highest BCUT2D eigenvalue weighted by atomic mass is 16.5. The minimum Gasteiger partial charge on any atom is -0.469 e. The molecule has 0 spiro atoms. The summed E-state index contributed by atoms with van der Waals surface area (Å²) in [4.78, 5) is 11.5. The van der Waals surface area contributed by atoms with Crippen LogP contribution in [0.1, 0.15) is 19.3 Å². The summed E-state index contributed by atoms with van der Waals surface area (Å²) in [6.45, 7) is 0. The van der Waals surface area contributed by atoms with E-state index in [4.69, 9.17) is 4.74 Å². The molecule has 4 atom stereocenters. The maximum absolute atomic E-state index is 11.5. The predicted octanol–water partition coefficient (Wildman–Crippen LogP) is 1.12. The molecule has 2 rings (SSSR count). The Morgan fingerprint density at radius 2 is 2.29 bits per heavy atom. The number of carbonyl (C=O) groups excluding carboxylic acids is 1.